The van der Waals surface area contributed by atoms with Gasteiger partial charge in [0.1, 0.15) is 10.8 Å². The van der Waals surface area contributed by atoms with E-state index < -0.39 is 7.92 Å². The number of hydrogen-bond acceptors (Lipinski definition) is 8. The Balaban J connectivity index is 1.63. The molecule has 2 N–H and O–H groups in total. The molecular formula is C23H28ClN6O2P. The molecule has 174 valence electrons. The summed E-state index contributed by atoms with van der Waals surface area (Å²) >= 11 is 6.42. The third-order valence-electron chi connectivity index (χ3n) is 5.52. The fourth-order valence-corrected chi connectivity index (χ4v) is 4.86. The first-order valence-corrected chi connectivity index (χ1v) is 13.2. The topological polar surface area (TPSA) is 84.4 Å². The van der Waals surface area contributed by atoms with Crippen LogP contribution in [0.15, 0.2) is 30.6 Å². The number of nitrogens with one attached hydrogen (secondary N) is 2. The highest BCUT2D eigenvalue weighted by Gasteiger charge is 2.18. The van der Waals surface area contributed by atoms with E-state index in [1.165, 1.54) is 11.1 Å². The number of rotatable bonds is 7. The van der Waals surface area contributed by atoms with Crippen molar-refractivity contribution in [2.45, 2.75) is 13.0 Å². The quantitative estimate of drug-likeness (QED) is 0.476. The van der Waals surface area contributed by atoms with Gasteiger partial charge in [0.15, 0.2) is 5.82 Å². The van der Waals surface area contributed by atoms with Crippen LogP contribution in [0.3, 0.4) is 0 Å². The van der Waals surface area contributed by atoms with Gasteiger partial charge < -0.3 is 25.0 Å². The first kappa shape index (κ1) is 23.5. The molecule has 2 aromatic heterocycles. The summed E-state index contributed by atoms with van der Waals surface area (Å²) in [5.74, 6) is 2.25. The molecule has 0 atom stereocenters. The summed E-state index contributed by atoms with van der Waals surface area (Å²) in [6, 6.07) is 6.15. The van der Waals surface area contributed by atoms with Gasteiger partial charge in [-0.25, -0.2) is 9.97 Å². The van der Waals surface area contributed by atoms with Gasteiger partial charge in [-0.1, -0.05) is 19.5 Å². The maximum absolute atomic E-state index is 6.42. The molecular weight excluding hydrogens is 459 g/mol. The van der Waals surface area contributed by atoms with E-state index in [9.17, 15) is 0 Å². The number of ether oxygens (including phenoxy) is 2. The normalized spacial score (nSPS) is 13.5. The van der Waals surface area contributed by atoms with Crippen molar-refractivity contribution in [3.8, 4) is 11.6 Å². The Morgan fingerprint density at radius 1 is 1.00 bits per heavy atom. The van der Waals surface area contributed by atoms with E-state index in [0.29, 0.717) is 22.7 Å². The van der Waals surface area contributed by atoms with Crippen molar-refractivity contribution in [1.29, 1.82) is 0 Å². The zero-order valence-electron chi connectivity index (χ0n) is 19.4. The van der Waals surface area contributed by atoms with Crippen molar-refractivity contribution < 1.29 is 9.47 Å². The Morgan fingerprint density at radius 3 is 2.55 bits per heavy atom. The second-order valence-corrected chi connectivity index (χ2v) is 10.8. The lowest BCUT2D eigenvalue weighted by Crippen LogP contribution is -2.26. The Labute approximate surface area is 200 Å². The van der Waals surface area contributed by atoms with Crippen LogP contribution in [0.2, 0.25) is 5.02 Å². The summed E-state index contributed by atoms with van der Waals surface area (Å²) in [6.45, 7) is 6.28. The van der Waals surface area contributed by atoms with Crippen LogP contribution in [-0.4, -0.2) is 61.0 Å². The Kier molecular flexibility index (Phi) is 7.17. The molecule has 0 spiro atoms. The first-order valence-electron chi connectivity index (χ1n) is 10.5. The second kappa shape index (κ2) is 10.1. The van der Waals surface area contributed by atoms with Crippen molar-refractivity contribution in [3.63, 3.8) is 0 Å². The van der Waals surface area contributed by atoms with Crippen molar-refractivity contribution >= 4 is 48.0 Å². The minimum atomic E-state index is -0.412. The van der Waals surface area contributed by atoms with E-state index in [1.807, 2.05) is 6.07 Å². The zero-order valence-corrected chi connectivity index (χ0v) is 21.1. The van der Waals surface area contributed by atoms with Gasteiger partial charge in [0.25, 0.3) is 0 Å². The van der Waals surface area contributed by atoms with E-state index in [1.54, 1.807) is 26.6 Å². The number of halogens is 1. The van der Waals surface area contributed by atoms with E-state index in [-0.39, 0.29) is 0 Å². The highest BCUT2D eigenvalue weighted by molar-refractivity contribution is 7.64. The molecule has 4 rings (SSSR count). The number of fused-ring (bicyclic) bond motifs is 1. The van der Waals surface area contributed by atoms with Crippen LogP contribution in [0.5, 0.6) is 11.6 Å². The number of benzene rings is 1. The van der Waals surface area contributed by atoms with Crippen molar-refractivity contribution in [3.05, 3.63) is 46.7 Å². The van der Waals surface area contributed by atoms with Crippen LogP contribution >= 0.6 is 19.5 Å². The molecule has 0 aliphatic carbocycles. The molecule has 1 aliphatic heterocycles. The van der Waals surface area contributed by atoms with Gasteiger partial charge in [0.2, 0.25) is 11.8 Å². The number of methoxy groups -OCH3 is 2. The molecule has 0 unspecified atom stereocenters. The maximum atomic E-state index is 6.42. The molecule has 10 heteroatoms. The number of hydrogen-bond donors (Lipinski definition) is 2. The van der Waals surface area contributed by atoms with E-state index in [0.717, 1.165) is 41.9 Å². The molecule has 8 nitrogen and oxygen atoms in total. The van der Waals surface area contributed by atoms with Gasteiger partial charge in [0, 0.05) is 24.5 Å². The van der Waals surface area contributed by atoms with Gasteiger partial charge in [-0.15, -0.1) is 0 Å². The molecule has 3 heterocycles. The predicted molar refractivity (Wildman–Crippen MR) is 136 cm³/mol. The fraction of sp³-hybridized carbons (Fsp3) is 0.348. The van der Waals surface area contributed by atoms with E-state index in [2.05, 4.69) is 63.0 Å². The average Bonchev–Trinajstić information content (AvgIpc) is 2.80. The van der Waals surface area contributed by atoms with Crippen molar-refractivity contribution in [2.75, 3.05) is 51.8 Å². The minimum Gasteiger partial charge on any atom is -0.495 e. The molecule has 0 amide bonds. The molecule has 0 saturated carbocycles. The van der Waals surface area contributed by atoms with Crippen LogP contribution in [0, 0.1) is 0 Å². The lowest BCUT2D eigenvalue weighted by atomic mass is 9.99. The molecule has 3 aromatic rings. The fourth-order valence-electron chi connectivity index (χ4n) is 3.76. The lowest BCUT2D eigenvalue weighted by molar-refractivity contribution is 0.312. The standard InChI is InChI=1S/C23H28ClN6O2P/c1-30-7-6-14-9-19(31-2)17(8-15(14)13-30)28-23-26-11-16(24)22(29-23)27-18-12-25-21(32-3)10-20(18)33(4)5/h8-12H,6-7,13H2,1-5H3,(H2,26,27,28,29). The van der Waals surface area contributed by atoms with Gasteiger partial charge in [0.05, 0.1) is 38.0 Å². The first-order chi connectivity index (χ1) is 15.9. The summed E-state index contributed by atoms with van der Waals surface area (Å²) < 4.78 is 10.9. The Morgan fingerprint density at radius 2 is 1.82 bits per heavy atom. The summed E-state index contributed by atoms with van der Waals surface area (Å²) in [5.41, 5.74) is 4.24. The zero-order chi connectivity index (χ0) is 23.5. The largest absolute Gasteiger partial charge is 0.495 e. The minimum absolute atomic E-state index is 0.412. The Hall–Kier alpha value is -2.67. The highest BCUT2D eigenvalue weighted by atomic mass is 35.5. The summed E-state index contributed by atoms with van der Waals surface area (Å²) in [4.78, 5) is 15.6. The number of pyridine rings is 1. The SMILES string of the molecule is COc1cc(P(C)C)c(Nc2nc(Nc3cc4c(cc3OC)CCN(C)C4)ncc2Cl)cn1. The van der Waals surface area contributed by atoms with Gasteiger partial charge in [-0.05, 0) is 50.1 Å². The van der Waals surface area contributed by atoms with Crippen LogP contribution in [-0.2, 0) is 13.0 Å². The molecule has 0 saturated heterocycles. The van der Waals surface area contributed by atoms with Gasteiger partial charge >= 0.3 is 0 Å². The molecule has 1 aliphatic rings. The molecule has 1 aromatic carbocycles. The van der Waals surface area contributed by atoms with Crippen LogP contribution in [0.25, 0.3) is 0 Å². The molecule has 0 fully saturated rings. The average molecular weight is 487 g/mol. The third-order valence-corrected chi connectivity index (χ3v) is 7.13. The number of anilines is 4. The predicted octanol–water partition coefficient (Wildman–Crippen LogP) is 4.38. The van der Waals surface area contributed by atoms with E-state index >= 15 is 0 Å². The van der Waals surface area contributed by atoms with Gasteiger partial charge in [-0.3, -0.25) is 0 Å². The summed E-state index contributed by atoms with van der Waals surface area (Å²) in [6.07, 6.45) is 4.32. The third kappa shape index (κ3) is 5.29. The van der Waals surface area contributed by atoms with E-state index in [4.69, 9.17) is 21.1 Å². The van der Waals surface area contributed by atoms with Crippen molar-refractivity contribution in [1.82, 2.24) is 19.9 Å². The molecule has 0 bridgehead atoms. The highest BCUT2D eigenvalue weighted by Crippen LogP contribution is 2.35. The lowest BCUT2D eigenvalue weighted by Gasteiger charge is -2.26. The molecule has 33 heavy (non-hydrogen) atoms. The number of aromatic nitrogens is 3. The van der Waals surface area contributed by atoms with Crippen LogP contribution in [0.1, 0.15) is 11.1 Å². The van der Waals surface area contributed by atoms with Crippen LogP contribution in [0.4, 0.5) is 23.1 Å². The maximum Gasteiger partial charge on any atom is 0.229 e. The summed E-state index contributed by atoms with van der Waals surface area (Å²) in [5, 5.41) is 8.15. The van der Waals surface area contributed by atoms with Crippen LogP contribution < -0.4 is 25.4 Å². The van der Waals surface area contributed by atoms with Gasteiger partial charge in [-0.2, -0.15) is 4.98 Å². The Bertz CT molecular complexity index is 1160. The molecule has 0 radical (unpaired) electrons. The second-order valence-electron chi connectivity index (χ2n) is 8.09. The number of nitrogens with zero attached hydrogens (tertiary/aromatic N) is 4. The monoisotopic (exact) mass is 486 g/mol. The van der Waals surface area contributed by atoms with Crippen molar-refractivity contribution in [2.24, 2.45) is 0 Å². The smallest absolute Gasteiger partial charge is 0.229 e. The summed E-state index contributed by atoms with van der Waals surface area (Å²) in [7, 11) is 4.99. The number of likely N-dealkylation sites (N-methyl/N-ethyl adjacent to an activating group) is 1.